The largest absolute Gasteiger partial charge is 0.378 e. The Kier molecular flexibility index (Phi) is 5.22. The molecule has 31 heavy (non-hydrogen) atoms. The number of aromatic nitrogens is 4. The number of nitrogens with zero attached hydrogens (tertiary/aromatic N) is 5. The quantitative estimate of drug-likeness (QED) is 0.642. The molecule has 164 valence electrons. The molecular formula is C20H23FN6O3S. The first-order chi connectivity index (χ1) is 15.0. The molecule has 1 saturated heterocycles. The van der Waals surface area contributed by atoms with E-state index in [4.69, 9.17) is 4.74 Å². The maximum atomic E-state index is 14.6. The Labute approximate surface area is 179 Å². The van der Waals surface area contributed by atoms with Gasteiger partial charge in [0.15, 0.2) is 5.82 Å². The van der Waals surface area contributed by atoms with Crippen molar-refractivity contribution in [2.45, 2.75) is 30.9 Å². The average molecular weight is 447 g/mol. The monoisotopic (exact) mass is 446 g/mol. The van der Waals surface area contributed by atoms with Crippen molar-refractivity contribution in [1.82, 2.24) is 19.6 Å². The smallest absolute Gasteiger partial charge is 0.251 e. The van der Waals surface area contributed by atoms with Crippen LogP contribution in [-0.2, 0) is 14.8 Å². The number of hydrogen-bond acceptors (Lipinski definition) is 7. The van der Waals surface area contributed by atoms with Crippen LogP contribution in [0.1, 0.15) is 25.7 Å². The molecule has 3 heterocycles. The van der Waals surface area contributed by atoms with Crippen molar-refractivity contribution in [1.29, 1.82) is 0 Å². The summed E-state index contributed by atoms with van der Waals surface area (Å²) in [5, 5.41) is 4.14. The molecule has 1 aromatic carbocycles. The highest BCUT2D eigenvalue weighted by Crippen LogP contribution is 2.29. The predicted molar refractivity (Wildman–Crippen MR) is 114 cm³/mol. The number of fused-ring (bicyclic) bond motifs is 1. The van der Waals surface area contributed by atoms with E-state index in [-0.39, 0.29) is 5.56 Å². The van der Waals surface area contributed by atoms with Crippen LogP contribution in [0.2, 0.25) is 0 Å². The van der Waals surface area contributed by atoms with Crippen LogP contribution in [0.4, 0.5) is 15.9 Å². The van der Waals surface area contributed by atoms with Gasteiger partial charge in [-0.1, -0.05) is 12.8 Å². The normalized spacial score (nSPS) is 18.0. The highest BCUT2D eigenvalue weighted by Gasteiger charge is 2.29. The molecule has 0 spiro atoms. The van der Waals surface area contributed by atoms with Crippen molar-refractivity contribution in [2.75, 3.05) is 35.9 Å². The Bertz CT molecular complexity index is 1200. The van der Waals surface area contributed by atoms with Crippen molar-refractivity contribution in [2.24, 2.45) is 0 Å². The molecule has 0 unspecified atom stereocenters. The van der Waals surface area contributed by atoms with Gasteiger partial charge in [0.1, 0.15) is 5.82 Å². The van der Waals surface area contributed by atoms with Crippen LogP contribution in [0, 0.1) is 5.82 Å². The van der Waals surface area contributed by atoms with Gasteiger partial charge >= 0.3 is 0 Å². The molecule has 0 bridgehead atoms. The molecule has 9 nitrogen and oxygen atoms in total. The fraction of sp³-hybridized carbons (Fsp3) is 0.450. The number of halogens is 1. The van der Waals surface area contributed by atoms with Gasteiger partial charge in [0.2, 0.25) is 10.0 Å². The van der Waals surface area contributed by atoms with Crippen molar-refractivity contribution in [3.63, 3.8) is 0 Å². The molecule has 2 fully saturated rings. The van der Waals surface area contributed by atoms with Gasteiger partial charge in [-0.3, -0.25) is 4.72 Å². The van der Waals surface area contributed by atoms with Crippen molar-refractivity contribution >= 4 is 27.3 Å². The van der Waals surface area contributed by atoms with E-state index in [1.165, 1.54) is 22.7 Å². The van der Waals surface area contributed by atoms with Crippen LogP contribution < -0.4 is 9.62 Å². The van der Waals surface area contributed by atoms with E-state index >= 15 is 0 Å². The van der Waals surface area contributed by atoms with Gasteiger partial charge in [0.05, 0.1) is 36.6 Å². The second kappa shape index (κ2) is 8.04. The molecule has 1 aliphatic carbocycles. The van der Waals surface area contributed by atoms with Crippen molar-refractivity contribution < 1.29 is 17.5 Å². The van der Waals surface area contributed by atoms with Crippen LogP contribution in [0.5, 0.6) is 0 Å². The summed E-state index contributed by atoms with van der Waals surface area (Å²) in [6.45, 7) is 2.70. The van der Waals surface area contributed by atoms with E-state index in [2.05, 4.69) is 24.7 Å². The highest BCUT2D eigenvalue weighted by molar-refractivity contribution is 7.93. The zero-order valence-electron chi connectivity index (χ0n) is 16.9. The Morgan fingerprint density at radius 2 is 1.94 bits per heavy atom. The summed E-state index contributed by atoms with van der Waals surface area (Å²) in [5.41, 5.74) is 0.834. The van der Waals surface area contributed by atoms with E-state index in [1.54, 1.807) is 12.4 Å². The van der Waals surface area contributed by atoms with Gasteiger partial charge in [0.25, 0.3) is 5.78 Å². The fourth-order valence-electron chi connectivity index (χ4n) is 4.07. The second-order valence-electron chi connectivity index (χ2n) is 7.83. The maximum absolute atomic E-state index is 14.6. The zero-order valence-corrected chi connectivity index (χ0v) is 17.7. The summed E-state index contributed by atoms with van der Waals surface area (Å²) in [4.78, 5) is 10.8. The zero-order chi connectivity index (χ0) is 21.4. The van der Waals surface area contributed by atoms with Crippen molar-refractivity contribution in [3.05, 3.63) is 36.4 Å². The number of morpholine rings is 1. The molecule has 3 aromatic rings. The molecule has 1 aliphatic heterocycles. The first-order valence-corrected chi connectivity index (χ1v) is 11.9. The van der Waals surface area contributed by atoms with E-state index < -0.39 is 21.1 Å². The van der Waals surface area contributed by atoms with Gasteiger partial charge in [-0.15, -0.1) is 5.10 Å². The highest BCUT2D eigenvalue weighted by atomic mass is 32.2. The number of nitrogens with one attached hydrogen (secondary N) is 1. The number of sulfonamides is 1. The van der Waals surface area contributed by atoms with Gasteiger partial charge < -0.3 is 9.64 Å². The fourth-order valence-corrected chi connectivity index (χ4v) is 5.65. The molecular weight excluding hydrogens is 423 g/mol. The first kappa shape index (κ1) is 20.1. The number of imidazole rings is 1. The molecule has 0 amide bonds. The molecule has 1 saturated carbocycles. The summed E-state index contributed by atoms with van der Waals surface area (Å²) in [7, 11) is -3.51. The lowest BCUT2D eigenvalue weighted by Crippen LogP contribution is -2.37. The third-order valence-corrected chi connectivity index (χ3v) is 7.62. The van der Waals surface area contributed by atoms with E-state index in [9.17, 15) is 12.8 Å². The third-order valence-electron chi connectivity index (χ3n) is 5.75. The molecule has 2 aliphatic rings. The summed E-state index contributed by atoms with van der Waals surface area (Å²) >= 11 is 0. The van der Waals surface area contributed by atoms with Crippen LogP contribution in [0.3, 0.4) is 0 Å². The summed E-state index contributed by atoms with van der Waals surface area (Å²) < 4.78 is 49.3. The van der Waals surface area contributed by atoms with Gasteiger partial charge in [-0.05, 0) is 31.0 Å². The SMILES string of the molecule is O=S(=O)(Nc1ccc(F)c(-c2cn3nc(N4CCOCC4)cnc3n2)c1)C1CCCC1. The first-order valence-electron chi connectivity index (χ1n) is 10.4. The average Bonchev–Trinajstić information content (AvgIpc) is 3.45. The molecule has 1 N–H and O–H groups in total. The Balaban J connectivity index is 1.44. The molecule has 0 radical (unpaired) electrons. The summed E-state index contributed by atoms with van der Waals surface area (Å²) in [5.74, 6) is 0.530. The minimum Gasteiger partial charge on any atom is -0.378 e. The topological polar surface area (TPSA) is 102 Å². The number of anilines is 2. The maximum Gasteiger partial charge on any atom is 0.251 e. The van der Waals surface area contributed by atoms with E-state index in [0.29, 0.717) is 49.0 Å². The lowest BCUT2D eigenvalue weighted by Gasteiger charge is -2.27. The minimum atomic E-state index is -3.51. The molecule has 5 rings (SSSR count). The predicted octanol–water partition coefficient (Wildman–Crippen LogP) is 2.45. The number of benzene rings is 1. The molecule has 2 aromatic heterocycles. The molecule has 11 heteroatoms. The Hall–Kier alpha value is -2.79. The van der Waals surface area contributed by atoms with Gasteiger partial charge in [-0.25, -0.2) is 27.3 Å². The van der Waals surface area contributed by atoms with Gasteiger partial charge in [-0.2, -0.15) is 0 Å². The van der Waals surface area contributed by atoms with Gasteiger partial charge in [0, 0.05) is 24.3 Å². The summed E-state index contributed by atoms with van der Waals surface area (Å²) in [6.07, 6.45) is 6.36. The van der Waals surface area contributed by atoms with Crippen LogP contribution in [-0.4, -0.2) is 59.6 Å². The third kappa shape index (κ3) is 4.07. The number of rotatable bonds is 5. The Morgan fingerprint density at radius 1 is 1.16 bits per heavy atom. The van der Waals surface area contributed by atoms with E-state index in [1.807, 2.05) is 0 Å². The van der Waals surface area contributed by atoms with Crippen LogP contribution in [0.15, 0.2) is 30.6 Å². The minimum absolute atomic E-state index is 0.187. The molecule has 0 atom stereocenters. The lowest BCUT2D eigenvalue weighted by molar-refractivity contribution is 0.122. The van der Waals surface area contributed by atoms with E-state index in [0.717, 1.165) is 25.9 Å². The Morgan fingerprint density at radius 3 is 2.71 bits per heavy atom. The lowest BCUT2D eigenvalue weighted by atomic mass is 10.1. The second-order valence-corrected chi connectivity index (χ2v) is 9.80. The number of ether oxygens (including phenoxy) is 1. The van der Waals surface area contributed by atoms with Crippen LogP contribution in [0.25, 0.3) is 17.0 Å². The van der Waals surface area contributed by atoms with Crippen LogP contribution >= 0.6 is 0 Å². The number of hydrogen-bond donors (Lipinski definition) is 1. The summed E-state index contributed by atoms with van der Waals surface area (Å²) in [6, 6.07) is 4.13. The van der Waals surface area contributed by atoms with Crippen molar-refractivity contribution in [3.8, 4) is 11.3 Å². The standard InChI is InChI=1S/C20H23FN6O3S/c21-17-6-5-14(25-31(28,29)15-3-1-2-4-15)11-16(17)18-13-27-20(23-18)22-12-19(24-27)26-7-9-30-10-8-26/h5-6,11-13,15,25H,1-4,7-10H2.